The number of amides is 1. The Labute approximate surface area is 113 Å². The smallest absolute Gasteiger partial charge is 0.251 e. The van der Waals surface area contributed by atoms with Gasteiger partial charge >= 0.3 is 0 Å². The number of hydrogen-bond acceptors (Lipinski definition) is 2. The van der Waals surface area contributed by atoms with Gasteiger partial charge in [0.15, 0.2) is 0 Å². The number of benzene rings is 1. The standard InChI is InChI=1S/C14H19ClN2O/c1-9(16)11-7-12(15)13(8-11)17-14(18)10-5-3-2-4-6-10/h2-6,9,11-13H,7-8,16H2,1H3,(H,17,18). The van der Waals surface area contributed by atoms with Crippen LogP contribution in [0.5, 0.6) is 0 Å². The second-order valence-corrected chi connectivity index (χ2v) is 5.61. The molecule has 1 fully saturated rings. The number of carbonyl (C=O) groups excluding carboxylic acids is 1. The number of carbonyl (C=O) groups is 1. The van der Waals surface area contributed by atoms with Crippen LogP contribution in [0.4, 0.5) is 0 Å². The fourth-order valence-electron chi connectivity index (χ4n) is 2.44. The van der Waals surface area contributed by atoms with E-state index in [0.717, 1.165) is 12.8 Å². The van der Waals surface area contributed by atoms with E-state index >= 15 is 0 Å². The molecule has 0 radical (unpaired) electrons. The number of nitrogens with two attached hydrogens (primary N) is 1. The first-order valence-corrected chi connectivity index (χ1v) is 6.77. The lowest BCUT2D eigenvalue weighted by molar-refractivity contribution is 0.0937. The summed E-state index contributed by atoms with van der Waals surface area (Å²) in [5.74, 6) is 0.338. The van der Waals surface area contributed by atoms with Crippen molar-refractivity contribution in [3.63, 3.8) is 0 Å². The molecule has 0 bridgehead atoms. The predicted octanol–water partition coefficient (Wildman–Crippen LogP) is 2.15. The highest BCUT2D eigenvalue weighted by Crippen LogP contribution is 2.31. The van der Waals surface area contributed by atoms with Gasteiger partial charge in [0, 0.05) is 17.6 Å². The van der Waals surface area contributed by atoms with E-state index in [2.05, 4.69) is 5.32 Å². The minimum atomic E-state index is -0.0587. The molecule has 18 heavy (non-hydrogen) atoms. The van der Waals surface area contributed by atoms with E-state index in [1.807, 2.05) is 25.1 Å². The Bertz CT molecular complexity index is 408. The van der Waals surface area contributed by atoms with Crippen molar-refractivity contribution in [2.24, 2.45) is 11.7 Å². The summed E-state index contributed by atoms with van der Waals surface area (Å²) in [7, 11) is 0. The molecule has 4 heteroatoms. The number of hydrogen-bond donors (Lipinski definition) is 2. The molecule has 0 saturated heterocycles. The number of nitrogens with one attached hydrogen (secondary N) is 1. The van der Waals surface area contributed by atoms with Crippen molar-refractivity contribution in [1.29, 1.82) is 0 Å². The molecule has 1 aliphatic rings. The molecule has 1 aromatic carbocycles. The summed E-state index contributed by atoms with van der Waals surface area (Å²) in [6.07, 6.45) is 1.74. The average molecular weight is 267 g/mol. The van der Waals surface area contributed by atoms with Crippen molar-refractivity contribution >= 4 is 17.5 Å². The second kappa shape index (κ2) is 5.72. The van der Waals surface area contributed by atoms with Crippen LogP contribution in [0.1, 0.15) is 30.1 Å². The SMILES string of the molecule is CC(N)C1CC(Cl)C(NC(=O)c2ccccc2)C1. The molecule has 1 aromatic rings. The van der Waals surface area contributed by atoms with Crippen molar-refractivity contribution in [2.75, 3.05) is 0 Å². The molecule has 0 heterocycles. The van der Waals surface area contributed by atoms with E-state index in [1.54, 1.807) is 12.1 Å². The van der Waals surface area contributed by atoms with Crippen LogP contribution < -0.4 is 11.1 Å². The summed E-state index contributed by atoms with van der Waals surface area (Å²) in [5, 5.41) is 2.98. The average Bonchev–Trinajstić information content (AvgIpc) is 2.72. The zero-order valence-electron chi connectivity index (χ0n) is 10.5. The maximum Gasteiger partial charge on any atom is 0.251 e. The number of alkyl halides is 1. The molecule has 4 unspecified atom stereocenters. The van der Waals surface area contributed by atoms with Crippen LogP contribution in [-0.2, 0) is 0 Å². The topological polar surface area (TPSA) is 55.1 Å². The van der Waals surface area contributed by atoms with Gasteiger partial charge in [-0.25, -0.2) is 0 Å². The molecule has 0 aromatic heterocycles. The highest BCUT2D eigenvalue weighted by Gasteiger charge is 2.35. The maximum atomic E-state index is 12.0. The molecule has 3 nitrogen and oxygen atoms in total. The lowest BCUT2D eigenvalue weighted by Gasteiger charge is -2.16. The summed E-state index contributed by atoms with van der Waals surface area (Å²) < 4.78 is 0. The van der Waals surface area contributed by atoms with Gasteiger partial charge in [0.25, 0.3) is 5.91 Å². The van der Waals surface area contributed by atoms with Crippen molar-refractivity contribution in [2.45, 2.75) is 37.2 Å². The number of halogens is 1. The van der Waals surface area contributed by atoms with Crippen molar-refractivity contribution in [3.05, 3.63) is 35.9 Å². The van der Waals surface area contributed by atoms with E-state index in [-0.39, 0.29) is 23.4 Å². The molecular formula is C14H19ClN2O. The van der Waals surface area contributed by atoms with Crippen molar-refractivity contribution in [1.82, 2.24) is 5.32 Å². The highest BCUT2D eigenvalue weighted by molar-refractivity contribution is 6.21. The Kier molecular flexibility index (Phi) is 4.25. The van der Waals surface area contributed by atoms with E-state index < -0.39 is 0 Å². The monoisotopic (exact) mass is 266 g/mol. The molecule has 98 valence electrons. The summed E-state index contributed by atoms with van der Waals surface area (Å²) >= 11 is 6.28. The Morgan fingerprint density at radius 1 is 1.39 bits per heavy atom. The third-order valence-electron chi connectivity index (χ3n) is 3.62. The molecule has 0 spiro atoms. The lowest BCUT2D eigenvalue weighted by atomic mass is 10.0. The quantitative estimate of drug-likeness (QED) is 0.824. The first kappa shape index (κ1) is 13.4. The highest BCUT2D eigenvalue weighted by atomic mass is 35.5. The first-order valence-electron chi connectivity index (χ1n) is 6.33. The summed E-state index contributed by atoms with van der Waals surface area (Å²) in [6, 6.07) is 9.36. The van der Waals surface area contributed by atoms with Crippen LogP contribution in [0, 0.1) is 5.92 Å². The zero-order chi connectivity index (χ0) is 13.1. The summed E-state index contributed by atoms with van der Waals surface area (Å²) in [5.41, 5.74) is 6.56. The van der Waals surface area contributed by atoms with Gasteiger partial charge < -0.3 is 11.1 Å². The third-order valence-corrected chi connectivity index (χ3v) is 4.10. The molecule has 4 atom stereocenters. The van der Waals surface area contributed by atoms with Gasteiger partial charge in [-0.15, -0.1) is 11.6 Å². The van der Waals surface area contributed by atoms with Crippen molar-refractivity contribution in [3.8, 4) is 0 Å². The van der Waals surface area contributed by atoms with Gasteiger partial charge in [-0.3, -0.25) is 4.79 Å². The maximum absolute atomic E-state index is 12.0. The van der Waals surface area contributed by atoms with E-state index in [0.29, 0.717) is 11.5 Å². The van der Waals surface area contributed by atoms with Crippen LogP contribution in [0.2, 0.25) is 0 Å². The van der Waals surface area contributed by atoms with E-state index in [9.17, 15) is 4.79 Å². The summed E-state index contributed by atoms with van der Waals surface area (Å²) in [4.78, 5) is 12.0. The largest absolute Gasteiger partial charge is 0.348 e. The van der Waals surface area contributed by atoms with E-state index in [1.165, 1.54) is 0 Å². The predicted molar refractivity (Wildman–Crippen MR) is 73.7 cm³/mol. The second-order valence-electron chi connectivity index (χ2n) is 5.05. The molecule has 1 saturated carbocycles. The minimum absolute atomic E-state index is 0.0198. The fraction of sp³-hybridized carbons (Fsp3) is 0.500. The van der Waals surface area contributed by atoms with Crippen LogP contribution in [0.25, 0.3) is 0 Å². The van der Waals surface area contributed by atoms with E-state index in [4.69, 9.17) is 17.3 Å². The van der Waals surface area contributed by atoms with Gasteiger partial charge in [-0.1, -0.05) is 18.2 Å². The van der Waals surface area contributed by atoms with Gasteiger partial charge in [-0.2, -0.15) is 0 Å². The van der Waals surface area contributed by atoms with Gasteiger partial charge in [-0.05, 0) is 37.8 Å². The zero-order valence-corrected chi connectivity index (χ0v) is 11.2. The normalized spacial score (nSPS) is 28.9. The van der Waals surface area contributed by atoms with Crippen molar-refractivity contribution < 1.29 is 4.79 Å². The van der Waals surface area contributed by atoms with Crippen LogP contribution in [-0.4, -0.2) is 23.4 Å². The van der Waals surface area contributed by atoms with Gasteiger partial charge in [0.05, 0.1) is 5.38 Å². The minimum Gasteiger partial charge on any atom is -0.348 e. The Morgan fingerprint density at radius 3 is 2.61 bits per heavy atom. The Hall–Kier alpha value is -1.06. The lowest BCUT2D eigenvalue weighted by Crippen LogP contribution is -2.38. The van der Waals surface area contributed by atoms with Gasteiger partial charge in [0.2, 0.25) is 0 Å². The fourth-order valence-corrected chi connectivity index (χ4v) is 2.84. The van der Waals surface area contributed by atoms with Gasteiger partial charge in [0.1, 0.15) is 0 Å². The van der Waals surface area contributed by atoms with Crippen LogP contribution in [0.3, 0.4) is 0 Å². The number of rotatable bonds is 3. The van der Waals surface area contributed by atoms with Crippen LogP contribution in [0.15, 0.2) is 30.3 Å². The molecule has 1 amide bonds. The molecule has 2 rings (SSSR count). The Balaban J connectivity index is 1.96. The molecular weight excluding hydrogens is 248 g/mol. The molecule has 1 aliphatic carbocycles. The first-order chi connectivity index (χ1) is 8.58. The summed E-state index contributed by atoms with van der Waals surface area (Å²) in [6.45, 7) is 2.00. The van der Waals surface area contributed by atoms with Crippen LogP contribution >= 0.6 is 11.6 Å². The third kappa shape index (κ3) is 3.03. The Morgan fingerprint density at radius 2 is 2.06 bits per heavy atom. The molecule has 0 aliphatic heterocycles. The molecule has 3 N–H and O–H groups in total.